The van der Waals surface area contributed by atoms with Crippen LogP contribution in [0.3, 0.4) is 0 Å². The minimum atomic E-state index is -3.30. The number of para-hydroxylation sites is 1. The van der Waals surface area contributed by atoms with Crippen LogP contribution in [0.2, 0.25) is 5.02 Å². The molecule has 0 aliphatic heterocycles. The van der Waals surface area contributed by atoms with Gasteiger partial charge in [-0.05, 0) is 39.3 Å². The largest absolute Gasteiger partial charge is 0.487 e. The summed E-state index contributed by atoms with van der Waals surface area (Å²) in [4.78, 5) is 4.49. The molecule has 1 atom stereocenters. The second-order valence-electron chi connectivity index (χ2n) is 6.91. The van der Waals surface area contributed by atoms with E-state index in [0.29, 0.717) is 29.8 Å². The lowest BCUT2D eigenvalue weighted by molar-refractivity contribution is 0.199. The second kappa shape index (κ2) is 10.7. The molecule has 0 saturated heterocycles. The van der Waals surface area contributed by atoms with Gasteiger partial charge in [-0.15, -0.1) is 0 Å². The molecule has 1 rings (SSSR count). The Balaban J connectivity index is 2.70. The van der Waals surface area contributed by atoms with E-state index in [0.717, 1.165) is 12.7 Å². The summed E-state index contributed by atoms with van der Waals surface area (Å²) in [5.41, 5.74) is -0.686. The topological polar surface area (TPSA) is 91.8 Å². The maximum Gasteiger partial charge on any atom is 0.209 e. The van der Waals surface area contributed by atoms with Crippen molar-refractivity contribution in [3.05, 3.63) is 29.3 Å². The highest BCUT2D eigenvalue weighted by Crippen LogP contribution is 2.24. The fourth-order valence-electron chi connectivity index (χ4n) is 2.35. The van der Waals surface area contributed by atoms with Crippen LogP contribution < -0.4 is 20.1 Å². The number of hydrogen-bond acceptors (Lipinski definition) is 4. The van der Waals surface area contributed by atoms with E-state index in [4.69, 9.17) is 16.3 Å². The lowest BCUT2D eigenvalue weighted by Gasteiger charge is -2.24. The maximum absolute atomic E-state index is 11.5. The SMILES string of the molecule is CCNC(=NCC(C)(C)NS(C)(=O)=O)NCC(CC)Oc1ccccc1Cl. The summed E-state index contributed by atoms with van der Waals surface area (Å²) < 4.78 is 31.5. The normalized spacial score (nSPS) is 13.9. The number of rotatable bonds is 10. The lowest BCUT2D eigenvalue weighted by Crippen LogP contribution is -2.47. The third-order valence-corrected chi connectivity index (χ3v) is 4.76. The highest BCUT2D eigenvalue weighted by atomic mass is 35.5. The molecule has 27 heavy (non-hydrogen) atoms. The maximum atomic E-state index is 11.5. The Hall–Kier alpha value is -1.51. The summed E-state index contributed by atoms with van der Waals surface area (Å²) in [7, 11) is -3.30. The molecule has 154 valence electrons. The summed E-state index contributed by atoms with van der Waals surface area (Å²) in [6.45, 7) is 9.09. The average molecular weight is 419 g/mol. The van der Waals surface area contributed by atoms with E-state index >= 15 is 0 Å². The number of nitrogens with zero attached hydrogens (tertiary/aromatic N) is 1. The molecule has 1 aromatic rings. The highest BCUT2D eigenvalue weighted by molar-refractivity contribution is 7.88. The van der Waals surface area contributed by atoms with Crippen molar-refractivity contribution in [1.82, 2.24) is 15.4 Å². The van der Waals surface area contributed by atoms with Crippen molar-refractivity contribution in [3.63, 3.8) is 0 Å². The minimum absolute atomic E-state index is 0.0871. The van der Waals surface area contributed by atoms with Crippen LogP contribution >= 0.6 is 11.6 Å². The lowest BCUT2D eigenvalue weighted by atomic mass is 10.1. The number of hydrogen-bond donors (Lipinski definition) is 3. The Morgan fingerprint density at radius 1 is 1.26 bits per heavy atom. The molecule has 1 unspecified atom stereocenters. The monoisotopic (exact) mass is 418 g/mol. The second-order valence-corrected chi connectivity index (χ2v) is 9.07. The van der Waals surface area contributed by atoms with E-state index < -0.39 is 15.6 Å². The predicted octanol–water partition coefficient (Wildman–Crippen LogP) is 2.38. The third kappa shape index (κ3) is 9.83. The van der Waals surface area contributed by atoms with Crippen molar-refractivity contribution in [3.8, 4) is 5.75 Å². The molecule has 0 saturated carbocycles. The molecule has 0 fully saturated rings. The van der Waals surface area contributed by atoms with Crippen LogP contribution in [0.5, 0.6) is 5.75 Å². The van der Waals surface area contributed by atoms with Crippen molar-refractivity contribution in [2.45, 2.75) is 45.8 Å². The van der Waals surface area contributed by atoms with Gasteiger partial charge in [0.1, 0.15) is 11.9 Å². The average Bonchev–Trinajstić information content (AvgIpc) is 2.55. The number of aliphatic imine (C=N–C) groups is 1. The van der Waals surface area contributed by atoms with E-state index in [1.807, 2.05) is 32.0 Å². The zero-order chi connectivity index (χ0) is 20.5. The molecule has 1 aromatic carbocycles. The molecule has 3 N–H and O–H groups in total. The van der Waals surface area contributed by atoms with Crippen molar-refractivity contribution < 1.29 is 13.2 Å². The Labute approximate surface area is 168 Å². The van der Waals surface area contributed by atoms with Crippen LogP contribution in [0.4, 0.5) is 0 Å². The first-order valence-corrected chi connectivity index (χ1v) is 11.3. The van der Waals surface area contributed by atoms with Crippen molar-refractivity contribution >= 4 is 27.6 Å². The molecular formula is C18H31ClN4O3S. The molecule has 0 aliphatic carbocycles. The van der Waals surface area contributed by atoms with Crippen LogP contribution in [0, 0.1) is 0 Å². The smallest absolute Gasteiger partial charge is 0.209 e. The standard InChI is InChI=1S/C18H31ClN4O3S/c1-6-14(26-16-11-9-8-10-15(16)19)12-21-17(20-7-2)22-13-18(3,4)23-27(5,24)25/h8-11,14,23H,6-7,12-13H2,1-5H3,(H2,20,21,22). The van der Waals surface area contributed by atoms with Gasteiger partial charge in [0.05, 0.1) is 24.4 Å². The van der Waals surface area contributed by atoms with Crippen LogP contribution in [0.25, 0.3) is 0 Å². The summed E-state index contributed by atoms with van der Waals surface area (Å²) in [6, 6.07) is 7.36. The zero-order valence-electron chi connectivity index (χ0n) is 16.7. The van der Waals surface area contributed by atoms with Crippen LogP contribution in [0.1, 0.15) is 34.1 Å². The number of ether oxygens (including phenoxy) is 1. The molecule has 0 bridgehead atoms. The number of guanidine groups is 1. The van der Waals surface area contributed by atoms with Crippen LogP contribution in [0.15, 0.2) is 29.3 Å². The van der Waals surface area contributed by atoms with Gasteiger partial charge >= 0.3 is 0 Å². The van der Waals surface area contributed by atoms with Gasteiger partial charge in [0.15, 0.2) is 5.96 Å². The van der Waals surface area contributed by atoms with E-state index in [1.165, 1.54) is 0 Å². The molecule has 0 spiro atoms. The van der Waals surface area contributed by atoms with Gasteiger partial charge in [-0.3, -0.25) is 4.99 Å². The Kier molecular flexibility index (Phi) is 9.35. The number of nitrogens with one attached hydrogen (secondary N) is 3. The van der Waals surface area contributed by atoms with Crippen molar-refractivity contribution in [2.75, 3.05) is 25.9 Å². The van der Waals surface area contributed by atoms with Crippen molar-refractivity contribution in [1.29, 1.82) is 0 Å². The van der Waals surface area contributed by atoms with Crippen LogP contribution in [-0.4, -0.2) is 51.9 Å². The molecule has 0 amide bonds. The number of halogens is 1. The van der Waals surface area contributed by atoms with Gasteiger partial charge in [-0.1, -0.05) is 30.7 Å². The minimum Gasteiger partial charge on any atom is -0.487 e. The molecule has 0 aromatic heterocycles. The fraction of sp³-hybridized carbons (Fsp3) is 0.611. The number of benzene rings is 1. The fourth-order valence-corrected chi connectivity index (χ4v) is 3.60. The molecule has 0 aliphatic rings. The van der Waals surface area contributed by atoms with Crippen molar-refractivity contribution in [2.24, 2.45) is 4.99 Å². The first-order chi connectivity index (χ1) is 12.6. The zero-order valence-corrected chi connectivity index (χ0v) is 18.2. The van der Waals surface area contributed by atoms with Gasteiger partial charge in [0.25, 0.3) is 0 Å². The predicted molar refractivity (Wildman–Crippen MR) is 112 cm³/mol. The summed E-state index contributed by atoms with van der Waals surface area (Å²) in [5.74, 6) is 1.25. The summed E-state index contributed by atoms with van der Waals surface area (Å²) in [5, 5.41) is 6.97. The summed E-state index contributed by atoms with van der Waals surface area (Å²) >= 11 is 6.15. The molecule has 9 heteroatoms. The first kappa shape index (κ1) is 23.5. The van der Waals surface area contributed by atoms with E-state index in [9.17, 15) is 8.42 Å². The highest BCUT2D eigenvalue weighted by Gasteiger charge is 2.22. The van der Waals surface area contributed by atoms with Gasteiger partial charge in [0, 0.05) is 12.1 Å². The Bertz CT molecular complexity index is 723. The number of sulfonamides is 1. The third-order valence-electron chi connectivity index (χ3n) is 3.52. The van der Waals surface area contributed by atoms with Gasteiger partial charge in [-0.25, -0.2) is 13.1 Å². The van der Waals surface area contributed by atoms with Gasteiger partial charge in [0.2, 0.25) is 10.0 Å². The van der Waals surface area contributed by atoms with Crippen LogP contribution in [-0.2, 0) is 10.0 Å². The van der Waals surface area contributed by atoms with E-state index in [-0.39, 0.29) is 12.6 Å². The quantitative estimate of drug-likeness (QED) is 0.400. The summed E-state index contributed by atoms with van der Waals surface area (Å²) in [6.07, 6.45) is 1.84. The molecular weight excluding hydrogens is 388 g/mol. The Morgan fingerprint density at radius 2 is 1.93 bits per heavy atom. The first-order valence-electron chi connectivity index (χ1n) is 8.98. The van der Waals surface area contributed by atoms with Gasteiger partial charge < -0.3 is 15.4 Å². The van der Waals surface area contributed by atoms with E-state index in [2.05, 4.69) is 20.3 Å². The molecule has 0 radical (unpaired) electrons. The van der Waals surface area contributed by atoms with E-state index in [1.54, 1.807) is 19.9 Å². The van der Waals surface area contributed by atoms with Gasteiger partial charge in [-0.2, -0.15) is 0 Å². The molecule has 7 nitrogen and oxygen atoms in total. The Morgan fingerprint density at radius 3 is 2.48 bits per heavy atom. The molecule has 0 heterocycles.